The first-order valence-corrected chi connectivity index (χ1v) is 6.76. The zero-order valence-corrected chi connectivity index (χ0v) is 11.2. The zero-order chi connectivity index (χ0) is 13.0. The van der Waals surface area contributed by atoms with Crippen molar-refractivity contribution in [2.75, 3.05) is 26.2 Å². The lowest BCUT2D eigenvalue weighted by Gasteiger charge is -2.34. The summed E-state index contributed by atoms with van der Waals surface area (Å²) in [4.78, 5) is 6.60. The smallest absolute Gasteiger partial charge is 0.111 e. The fourth-order valence-electron chi connectivity index (χ4n) is 2.39. The van der Waals surface area contributed by atoms with Gasteiger partial charge in [-0.05, 0) is 13.5 Å². The number of rotatable bonds is 5. The van der Waals surface area contributed by atoms with Crippen LogP contribution in [0.2, 0.25) is 0 Å². The maximum Gasteiger partial charge on any atom is 0.111 e. The van der Waals surface area contributed by atoms with Gasteiger partial charge in [0.1, 0.15) is 5.82 Å². The number of hydrogen-bond donors (Lipinski definition) is 1. The van der Waals surface area contributed by atoms with Crippen molar-refractivity contribution in [2.45, 2.75) is 39.0 Å². The van der Waals surface area contributed by atoms with E-state index in [1.165, 1.54) is 0 Å². The Kier molecular flexibility index (Phi) is 4.74. The van der Waals surface area contributed by atoms with Gasteiger partial charge in [-0.25, -0.2) is 4.98 Å². The molecule has 0 aromatic carbocycles. The molecule has 0 bridgehead atoms. The second-order valence-electron chi connectivity index (χ2n) is 4.70. The first-order valence-electron chi connectivity index (χ1n) is 6.76. The fraction of sp³-hybridized carbons (Fsp3) is 0.769. The first-order chi connectivity index (χ1) is 8.74. The summed E-state index contributed by atoms with van der Waals surface area (Å²) in [6, 6.07) is 0. The summed E-state index contributed by atoms with van der Waals surface area (Å²) in [5.41, 5.74) is 0. The number of aryl methyl sites for hydroxylation is 1. The quantitative estimate of drug-likeness (QED) is 0.831. The van der Waals surface area contributed by atoms with Gasteiger partial charge in [0.25, 0.3) is 0 Å². The molecule has 5 nitrogen and oxygen atoms in total. The number of hydrogen-bond acceptors (Lipinski definition) is 4. The second-order valence-corrected chi connectivity index (χ2v) is 4.70. The molecule has 1 N–H and O–H groups in total. The van der Waals surface area contributed by atoms with Gasteiger partial charge in [0.05, 0.1) is 18.8 Å². The lowest BCUT2D eigenvalue weighted by Crippen LogP contribution is -2.48. The predicted octanol–water partition coefficient (Wildman–Crippen LogP) is 0.527. The number of ether oxygens (including phenoxy) is 1. The van der Waals surface area contributed by atoms with Crippen molar-refractivity contribution in [1.29, 1.82) is 0 Å². The van der Waals surface area contributed by atoms with Crippen LogP contribution in [0.1, 0.15) is 19.7 Å². The maximum absolute atomic E-state index is 10.3. The molecule has 5 heteroatoms. The van der Waals surface area contributed by atoms with E-state index >= 15 is 0 Å². The van der Waals surface area contributed by atoms with Crippen molar-refractivity contribution in [1.82, 2.24) is 14.5 Å². The summed E-state index contributed by atoms with van der Waals surface area (Å²) in [7, 11) is 0. The molecule has 1 saturated heterocycles. The molecule has 1 fully saturated rings. The van der Waals surface area contributed by atoms with Crippen LogP contribution in [0.5, 0.6) is 0 Å². The minimum absolute atomic E-state index is 0.0966. The van der Waals surface area contributed by atoms with E-state index in [9.17, 15) is 5.11 Å². The highest BCUT2D eigenvalue weighted by atomic mass is 16.5. The van der Waals surface area contributed by atoms with Crippen molar-refractivity contribution in [3.8, 4) is 0 Å². The molecule has 2 heterocycles. The van der Waals surface area contributed by atoms with E-state index in [2.05, 4.69) is 28.3 Å². The van der Waals surface area contributed by atoms with Gasteiger partial charge in [0, 0.05) is 38.4 Å². The first kappa shape index (κ1) is 13.5. The minimum atomic E-state index is -0.480. The SMILES string of the molecule is CCN1CCOC(C(O)Cc2nccn2CC)C1. The molecule has 1 aromatic rings. The number of aliphatic hydroxyl groups excluding tert-OH is 1. The van der Waals surface area contributed by atoms with E-state index < -0.39 is 6.10 Å². The van der Waals surface area contributed by atoms with Gasteiger partial charge in [-0.2, -0.15) is 0 Å². The molecule has 0 saturated carbocycles. The van der Waals surface area contributed by atoms with Crippen molar-refractivity contribution in [3.63, 3.8) is 0 Å². The summed E-state index contributed by atoms with van der Waals surface area (Å²) in [5.74, 6) is 0.933. The molecular weight excluding hydrogens is 230 g/mol. The Bertz CT molecular complexity index is 367. The van der Waals surface area contributed by atoms with Gasteiger partial charge in [0.2, 0.25) is 0 Å². The van der Waals surface area contributed by atoms with Crippen LogP contribution in [0.4, 0.5) is 0 Å². The molecule has 2 unspecified atom stereocenters. The summed E-state index contributed by atoms with van der Waals surface area (Å²) < 4.78 is 7.72. The van der Waals surface area contributed by atoms with Crippen molar-refractivity contribution in [2.24, 2.45) is 0 Å². The predicted molar refractivity (Wildman–Crippen MR) is 69.5 cm³/mol. The third kappa shape index (κ3) is 3.10. The van der Waals surface area contributed by atoms with Crippen LogP contribution < -0.4 is 0 Å². The monoisotopic (exact) mass is 253 g/mol. The Hall–Kier alpha value is -0.910. The second kappa shape index (κ2) is 6.31. The van der Waals surface area contributed by atoms with E-state index in [-0.39, 0.29) is 6.10 Å². The molecule has 0 radical (unpaired) electrons. The largest absolute Gasteiger partial charge is 0.390 e. The Balaban J connectivity index is 1.93. The Labute approximate surface area is 108 Å². The molecule has 1 aromatic heterocycles. The summed E-state index contributed by atoms with van der Waals surface area (Å²) >= 11 is 0. The number of nitrogens with zero attached hydrogens (tertiary/aromatic N) is 3. The summed E-state index contributed by atoms with van der Waals surface area (Å²) in [6.45, 7) is 8.59. The van der Waals surface area contributed by atoms with E-state index in [0.29, 0.717) is 13.0 Å². The molecule has 1 aliphatic rings. The van der Waals surface area contributed by atoms with Crippen LogP contribution in [0, 0.1) is 0 Å². The molecule has 0 aliphatic carbocycles. The Morgan fingerprint density at radius 2 is 2.33 bits per heavy atom. The number of imidazole rings is 1. The lowest BCUT2D eigenvalue weighted by atomic mass is 10.1. The van der Waals surface area contributed by atoms with Gasteiger partial charge in [-0.1, -0.05) is 6.92 Å². The molecule has 0 spiro atoms. The van der Waals surface area contributed by atoms with Crippen LogP contribution in [-0.2, 0) is 17.7 Å². The van der Waals surface area contributed by atoms with E-state index in [1.807, 2.05) is 6.20 Å². The van der Waals surface area contributed by atoms with Crippen molar-refractivity contribution >= 4 is 0 Å². The average molecular weight is 253 g/mol. The van der Waals surface area contributed by atoms with Crippen molar-refractivity contribution in [3.05, 3.63) is 18.2 Å². The third-order valence-electron chi connectivity index (χ3n) is 3.59. The standard InChI is InChI=1S/C13H23N3O2/c1-3-15-7-8-18-12(10-15)11(17)9-13-14-5-6-16(13)4-2/h5-6,11-12,17H,3-4,7-10H2,1-2H3. The van der Waals surface area contributed by atoms with Crippen LogP contribution in [0.15, 0.2) is 12.4 Å². The van der Waals surface area contributed by atoms with Crippen molar-refractivity contribution < 1.29 is 9.84 Å². The average Bonchev–Trinajstić information content (AvgIpc) is 2.86. The normalized spacial score (nSPS) is 23.2. The highest BCUT2D eigenvalue weighted by Gasteiger charge is 2.27. The highest BCUT2D eigenvalue weighted by Crippen LogP contribution is 2.12. The van der Waals surface area contributed by atoms with Gasteiger partial charge in [-0.3, -0.25) is 4.90 Å². The molecule has 102 valence electrons. The summed E-state index contributed by atoms with van der Waals surface area (Å²) in [5, 5.41) is 10.3. The van der Waals surface area contributed by atoms with Crippen LogP contribution >= 0.6 is 0 Å². The number of morpholine rings is 1. The molecule has 1 aliphatic heterocycles. The maximum atomic E-state index is 10.3. The molecular formula is C13H23N3O2. The number of likely N-dealkylation sites (N-methyl/N-ethyl adjacent to an activating group) is 1. The Morgan fingerprint density at radius 3 is 3.06 bits per heavy atom. The number of aromatic nitrogens is 2. The molecule has 2 rings (SSSR count). The van der Waals surface area contributed by atoms with Gasteiger partial charge >= 0.3 is 0 Å². The third-order valence-corrected chi connectivity index (χ3v) is 3.59. The van der Waals surface area contributed by atoms with Crippen LogP contribution in [-0.4, -0.2) is 58.0 Å². The Morgan fingerprint density at radius 1 is 1.50 bits per heavy atom. The van der Waals surface area contributed by atoms with Gasteiger partial charge in [0.15, 0.2) is 0 Å². The molecule has 2 atom stereocenters. The minimum Gasteiger partial charge on any atom is -0.390 e. The highest BCUT2D eigenvalue weighted by molar-refractivity contribution is 4.96. The fourth-order valence-corrected chi connectivity index (χ4v) is 2.39. The summed E-state index contributed by atoms with van der Waals surface area (Å²) in [6.07, 6.45) is 3.71. The van der Waals surface area contributed by atoms with E-state index in [4.69, 9.17) is 4.74 Å². The van der Waals surface area contributed by atoms with E-state index in [0.717, 1.165) is 32.0 Å². The van der Waals surface area contributed by atoms with E-state index in [1.54, 1.807) is 6.20 Å². The van der Waals surface area contributed by atoms with Gasteiger partial charge < -0.3 is 14.4 Å². The lowest BCUT2D eigenvalue weighted by molar-refractivity contribution is -0.0873. The topological polar surface area (TPSA) is 50.5 Å². The number of aliphatic hydroxyl groups is 1. The van der Waals surface area contributed by atoms with Gasteiger partial charge in [-0.15, -0.1) is 0 Å². The molecule has 0 amide bonds. The van der Waals surface area contributed by atoms with Crippen LogP contribution in [0.3, 0.4) is 0 Å². The van der Waals surface area contributed by atoms with Crippen LogP contribution in [0.25, 0.3) is 0 Å². The molecule has 18 heavy (non-hydrogen) atoms. The zero-order valence-electron chi connectivity index (χ0n) is 11.2.